The van der Waals surface area contributed by atoms with Crippen molar-refractivity contribution >= 4 is 11.8 Å². The van der Waals surface area contributed by atoms with Crippen molar-refractivity contribution in [2.24, 2.45) is 5.73 Å². The van der Waals surface area contributed by atoms with E-state index in [1.165, 1.54) is 4.90 Å². The zero-order valence-corrected chi connectivity index (χ0v) is 11.4. The van der Waals surface area contributed by atoms with E-state index >= 15 is 0 Å². The van der Waals surface area contributed by atoms with Crippen LogP contribution in [0.4, 0.5) is 0 Å². The largest absolute Gasteiger partial charge is 0.462 e. The van der Waals surface area contributed by atoms with E-state index in [9.17, 15) is 0 Å². The van der Waals surface area contributed by atoms with Crippen LogP contribution in [0.1, 0.15) is 23.1 Å². The number of methoxy groups -OCH3 is 1. The second kappa shape index (κ2) is 6.09. The number of rotatable bonds is 5. The highest BCUT2D eigenvalue weighted by Crippen LogP contribution is 2.24. The standard InChI is InChI=1S/C14H17NO2S/c1-16-9-11-5-8-13(17-11)14(15)10-3-6-12(18-2)7-4-10/h3-8,14H,9,15H2,1-2H3. The average Bonchev–Trinajstić information content (AvgIpc) is 2.87. The molecule has 2 aromatic rings. The van der Waals surface area contributed by atoms with Gasteiger partial charge in [0.05, 0.1) is 6.04 Å². The van der Waals surface area contributed by atoms with Gasteiger partial charge in [-0.25, -0.2) is 0 Å². The number of furan rings is 1. The Labute approximate surface area is 111 Å². The van der Waals surface area contributed by atoms with Gasteiger partial charge < -0.3 is 14.9 Å². The van der Waals surface area contributed by atoms with Gasteiger partial charge in [0, 0.05) is 12.0 Å². The van der Waals surface area contributed by atoms with Gasteiger partial charge in [-0.05, 0) is 36.1 Å². The van der Waals surface area contributed by atoms with Crippen molar-refractivity contribution in [1.29, 1.82) is 0 Å². The normalized spacial score (nSPS) is 12.6. The number of ether oxygens (including phenoxy) is 1. The molecule has 0 aliphatic carbocycles. The fraction of sp³-hybridized carbons (Fsp3) is 0.286. The molecule has 0 fully saturated rings. The summed E-state index contributed by atoms with van der Waals surface area (Å²) >= 11 is 1.71. The lowest BCUT2D eigenvalue weighted by Gasteiger charge is -2.09. The Hall–Kier alpha value is -1.23. The van der Waals surface area contributed by atoms with Crippen molar-refractivity contribution in [1.82, 2.24) is 0 Å². The molecule has 1 heterocycles. The molecule has 0 radical (unpaired) electrons. The molecule has 1 aromatic heterocycles. The lowest BCUT2D eigenvalue weighted by atomic mass is 10.1. The van der Waals surface area contributed by atoms with Gasteiger partial charge in [-0.2, -0.15) is 0 Å². The predicted molar refractivity (Wildman–Crippen MR) is 73.7 cm³/mol. The van der Waals surface area contributed by atoms with Crippen LogP contribution < -0.4 is 5.73 Å². The Morgan fingerprint density at radius 3 is 2.56 bits per heavy atom. The van der Waals surface area contributed by atoms with Crippen molar-refractivity contribution in [2.45, 2.75) is 17.5 Å². The maximum atomic E-state index is 6.18. The van der Waals surface area contributed by atoms with Crippen LogP contribution in [0.3, 0.4) is 0 Å². The quantitative estimate of drug-likeness (QED) is 0.842. The Morgan fingerprint density at radius 1 is 1.22 bits per heavy atom. The predicted octanol–water partition coefficient (Wildman–Crippen LogP) is 3.20. The minimum atomic E-state index is -0.230. The molecule has 2 rings (SSSR count). The van der Waals surface area contributed by atoms with Crippen LogP contribution in [0.5, 0.6) is 0 Å². The van der Waals surface area contributed by atoms with Crippen LogP contribution in [0.2, 0.25) is 0 Å². The average molecular weight is 263 g/mol. The van der Waals surface area contributed by atoms with Crippen LogP contribution in [-0.2, 0) is 11.3 Å². The summed E-state index contributed by atoms with van der Waals surface area (Å²) < 4.78 is 10.7. The third-order valence-electron chi connectivity index (χ3n) is 2.75. The highest BCUT2D eigenvalue weighted by molar-refractivity contribution is 7.98. The van der Waals surface area contributed by atoms with Gasteiger partial charge in [-0.1, -0.05) is 12.1 Å². The lowest BCUT2D eigenvalue weighted by Crippen LogP contribution is -2.10. The smallest absolute Gasteiger partial charge is 0.129 e. The monoisotopic (exact) mass is 263 g/mol. The van der Waals surface area contributed by atoms with E-state index in [1.807, 2.05) is 24.3 Å². The summed E-state index contributed by atoms with van der Waals surface area (Å²) in [5, 5.41) is 0. The maximum absolute atomic E-state index is 6.18. The summed E-state index contributed by atoms with van der Waals surface area (Å²) in [5.74, 6) is 1.56. The molecule has 0 amide bonds. The summed E-state index contributed by atoms with van der Waals surface area (Å²) in [6, 6.07) is 11.8. The van der Waals surface area contributed by atoms with E-state index in [-0.39, 0.29) is 6.04 Å². The molecule has 0 aliphatic rings. The van der Waals surface area contributed by atoms with Crippen LogP contribution in [0.15, 0.2) is 45.7 Å². The van der Waals surface area contributed by atoms with Gasteiger partial charge in [0.1, 0.15) is 18.1 Å². The summed E-state index contributed by atoms with van der Waals surface area (Å²) in [5.41, 5.74) is 7.22. The Bertz CT molecular complexity index is 493. The van der Waals surface area contributed by atoms with E-state index in [0.29, 0.717) is 6.61 Å². The van der Waals surface area contributed by atoms with E-state index in [1.54, 1.807) is 18.9 Å². The fourth-order valence-electron chi connectivity index (χ4n) is 1.76. The summed E-state index contributed by atoms with van der Waals surface area (Å²) in [7, 11) is 1.64. The minimum absolute atomic E-state index is 0.230. The first kappa shape index (κ1) is 13.2. The zero-order chi connectivity index (χ0) is 13.0. The molecule has 18 heavy (non-hydrogen) atoms. The second-order valence-corrected chi connectivity index (χ2v) is 4.87. The van der Waals surface area contributed by atoms with Crippen molar-refractivity contribution in [3.05, 3.63) is 53.5 Å². The second-order valence-electron chi connectivity index (χ2n) is 3.99. The van der Waals surface area contributed by atoms with E-state index in [4.69, 9.17) is 14.9 Å². The molecular weight excluding hydrogens is 246 g/mol. The van der Waals surface area contributed by atoms with Gasteiger partial charge in [0.25, 0.3) is 0 Å². The van der Waals surface area contributed by atoms with Crippen molar-refractivity contribution in [3.8, 4) is 0 Å². The van der Waals surface area contributed by atoms with Gasteiger partial charge in [0.2, 0.25) is 0 Å². The fourth-order valence-corrected chi connectivity index (χ4v) is 2.17. The summed E-state index contributed by atoms with van der Waals surface area (Å²) in [4.78, 5) is 1.23. The molecule has 2 N–H and O–H groups in total. The van der Waals surface area contributed by atoms with Gasteiger partial charge in [0.15, 0.2) is 0 Å². The molecule has 4 heteroatoms. The van der Waals surface area contributed by atoms with E-state index in [0.717, 1.165) is 17.1 Å². The minimum Gasteiger partial charge on any atom is -0.462 e. The molecular formula is C14H17NO2S. The number of benzene rings is 1. The van der Waals surface area contributed by atoms with Crippen LogP contribution >= 0.6 is 11.8 Å². The summed E-state index contributed by atoms with van der Waals surface area (Å²) in [6.07, 6.45) is 2.05. The first-order valence-electron chi connectivity index (χ1n) is 5.71. The maximum Gasteiger partial charge on any atom is 0.129 e. The molecule has 0 aliphatic heterocycles. The highest BCUT2D eigenvalue weighted by Gasteiger charge is 2.13. The summed E-state index contributed by atoms with van der Waals surface area (Å²) in [6.45, 7) is 0.470. The third-order valence-corrected chi connectivity index (χ3v) is 3.49. The SMILES string of the molecule is COCc1ccc(C(N)c2ccc(SC)cc2)o1. The van der Waals surface area contributed by atoms with Crippen molar-refractivity contribution in [2.75, 3.05) is 13.4 Å². The first-order valence-corrected chi connectivity index (χ1v) is 6.94. The molecule has 1 unspecified atom stereocenters. The third kappa shape index (κ3) is 2.96. The van der Waals surface area contributed by atoms with Gasteiger partial charge in [-0.3, -0.25) is 0 Å². The molecule has 0 spiro atoms. The van der Waals surface area contributed by atoms with Crippen LogP contribution in [-0.4, -0.2) is 13.4 Å². The van der Waals surface area contributed by atoms with Crippen LogP contribution in [0, 0.1) is 0 Å². The molecule has 3 nitrogen and oxygen atoms in total. The van der Waals surface area contributed by atoms with Gasteiger partial charge in [-0.15, -0.1) is 11.8 Å². The number of nitrogens with two attached hydrogens (primary N) is 1. The molecule has 96 valence electrons. The zero-order valence-electron chi connectivity index (χ0n) is 10.6. The Kier molecular flexibility index (Phi) is 4.47. The van der Waals surface area contributed by atoms with Crippen molar-refractivity contribution in [3.63, 3.8) is 0 Å². The molecule has 0 saturated carbocycles. The highest BCUT2D eigenvalue weighted by atomic mass is 32.2. The number of hydrogen-bond donors (Lipinski definition) is 1. The van der Waals surface area contributed by atoms with Gasteiger partial charge >= 0.3 is 0 Å². The van der Waals surface area contributed by atoms with Crippen LogP contribution in [0.25, 0.3) is 0 Å². The first-order chi connectivity index (χ1) is 8.74. The molecule has 0 saturated heterocycles. The topological polar surface area (TPSA) is 48.4 Å². The Balaban J connectivity index is 2.15. The molecule has 0 bridgehead atoms. The number of thioether (sulfide) groups is 1. The van der Waals surface area contributed by atoms with E-state index in [2.05, 4.69) is 18.4 Å². The van der Waals surface area contributed by atoms with E-state index < -0.39 is 0 Å². The molecule has 1 atom stereocenters. The molecule has 1 aromatic carbocycles. The number of hydrogen-bond acceptors (Lipinski definition) is 4. The van der Waals surface area contributed by atoms with Crippen molar-refractivity contribution < 1.29 is 9.15 Å². The Morgan fingerprint density at radius 2 is 1.94 bits per heavy atom. The lowest BCUT2D eigenvalue weighted by molar-refractivity contribution is 0.162.